The zero-order valence-electron chi connectivity index (χ0n) is 12.4. The van der Waals surface area contributed by atoms with E-state index in [9.17, 15) is 4.79 Å². The number of carbonyl (C=O) groups is 1. The molecule has 112 valence electrons. The van der Waals surface area contributed by atoms with E-state index in [1.165, 1.54) is 11.1 Å². The largest absolute Gasteiger partial charge is 0.403 e. The van der Waals surface area contributed by atoms with Gasteiger partial charge in [-0.1, -0.05) is 17.7 Å². The maximum Gasteiger partial charge on any atom is 0.234 e. The molecule has 3 N–H and O–H groups in total. The lowest BCUT2D eigenvalue weighted by Gasteiger charge is -2.29. The molecule has 1 saturated heterocycles. The summed E-state index contributed by atoms with van der Waals surface area (Å²) in [5, 5.41) is 8.97. The van der Waals surface area contributed by atoms with Crippen LogP contribution in [0.25, 0.3) is 0 Å². The van der Waals surface area contributed by atoms with Gasteiger partial charge in [-0.2, -0.15) is 0 Å². The van der Waals surface area contributed by atoms with Crippen LogP contribution >= 0.6 is 11.6 Å². The third-order valence-corrected chi connectivity index (χ3v) is 3.82. The normalized spacial score (nSPS) is 20.9. The zero-order valence-corrected chi connectivity index (χ0v) is 13.1. The number of amides is 1. The fourth-order valence-electron chi connectivity index (χ4n) is 2.46. The maximum absolute atomic E-state index is 12.5. The molecule has 0 saturated carbocycles. The zero-order chi connectivity index (χ0) is 15.8. The minimum Gasteiger partial charge on any atom is -0.403 e. The Bertz CT molecular complexity index is 624. The van der Waals surface area contributed by atoms with Crippen molar-refractivity contribution in [1.29, 1.82) is 5.41 Å². The van der Waals surface area contributed by atoms with Crippen molar-refractivity contribution in [1.82, 2.24) is 4.90 Å². The molecule has 0 unspecified atom stereocenters. The summed E-state index contributed by atoms with van der Waals surface area (Å²) >= 11 is 6.04. The van der Waals surface area contributed by atoms with Crippen molar-refractivity contribution in [3.63, 3.8) is 0 Å². The first-order chi connectivity index (χ1) is 9.77. The van der Waals surface area contributed by atoms with Gasteiger partial charge in [0, 0.05) is 30.5 Å². The molecule has 0 radical (unpaired) electrons. The molecule has 0 aliphatic carbocycles. The van der Waals surface area contributed by atoms with E-state index in [4.69, 9.17) is 22.7 Å². The molecule has 1 aromatic carbocycles. The quantitative estimate of drug-likeness (QED) is 0.837. The predicted octanol–water partition coefficient (Wildman–Crippen LogP) is 2.42. The van der Waals surface area contributed by atoms with Crippen LogP contribution in [0.3, 0.4) is 0 Å². The van der Waals surface area contributed by atoms with Gasteiger partial charge < -0.3 is 15.5 Å². The lowest BCUT2D eigenvalue weighted by Crippen LogP contribution is -2.40. The SMILES string of the molecule is CN1C(=O)C(C)(C)CN(c2cccc(Cl)c2)C(=N)/C1=C\N. The van der Waals surface area contributed by atoms with Gasteiger partial charge in [0.1, 0.15) is 5.70 Å². The summed E-state index contributed by atoms with van der Waals surface area (Å²) < 4.78 is 0. The Morgan fingerprint density at radius 3 is 2.67 bits per heavy atom. The van der Waals surface area contributed by atoms with Crippen LogP contribution in [0.2, 0.25) is 5.02 Å². The molecule has 1 aliphatic rings. The van der Waals surface area contributed by atoms with Crippen LogP contribution in [0.4, 0.5) is 5.69 Å². The average Bonchev–Trinajstić information content (AvgIpc) is 2.49. The summed E-state index contributed by atoms with van der Waals surface area (Å²) in [6.45, 7) is 4.10. The number of anilines is 1. The molecule has 6 heteroatoms. The van der Waals surface area contributed by atoms with Crippen LogP contribution in [0.1, 0.15) is 13.8 Å². The Morgan fingerprint density at radius 2 is 2.10 bits per heavy atom. The first kappa shape index (κ1) is 15.4. The number of likely N-dealkylation sites (N-methyl/N-ethyl adjacent to an activating group) is 1. The summed E-state index contributed by atoms with van der Waals surface area (Å²) in [4.78, 5) is 15.7. The lowest BCUT2D eigenvalue weighted by atomic mass is 9.91. The highest BCUT2D eigenvalue weighted by atomic mass is 35.5. The Balaban J connectivity index is 2.55. The van der Waals surface area contributed by atoms with E-state index in [1.807, 2.05) is 26.0 Å². The number of carbonyl (C=O) groups excluding carboxylic acids is 1. The van der Waals surface area contributed by atoms with Gasteiger partial charge in [0.2, 0.25) is 5.91 Å². The summed E-state index contributed by atoms with van der Waals surface area (Å²) in [5.41, 5.74) is 6.13. The van der Waals surface area contributed by atoms with E-state index < -0.39 is 5.41 Å². The van der Waals surface area contributed by atoms with E-state index in [0.717, 1.165) is 5.69 Å². The highest BCUT2D eigenvalue weighted by Gasteiger charge is 2.40. The number of amidine groups is 1. The highest BCUT2D eigenvalue weighted by molar-refractivity contribution is 6.31. The predicted molar refractivity (Wildman–Crippen MR) is 85.3 cm³/mol. The number of rotatable bonds is 1. The maximum atomic E-state index is 12.5. The van der Waals surface area contributed by atoms with Crippen LogP contribution in [0, 0.1) is 10.8 Å². The Morgan fingerprint density at radius 1 is 1.43 bits per heavy atom. The van der Waals surface area contributed by atoms with Gasteiger partial charge in [-0.15, -0.1) is 0 Å². The number of benzene rings is 1. The van der Waals surface area contributed by atoms with Crippen molar-refractivity contribution in [2.75, 3.05) is 18.5 Å². The van der Waals surface area contributed by atoms with E-state index in [-0.39, 0.29) is 11.7 Å². The molecule has 0 atom stereocenters. The van der Waals surface area contributed by atoms with E-state index in [0.29, 0.717) is 17.3 Å². The molecule has 1 amide bonds. The molecule has 0 bridgehead atoms. The monoisotopic (exact) mass is 306 g/mol. The number of nitrogens with zero attached hydrogens (tertiary/aromatic N) is 2. The topological polar surface area (TPSA) is 73.4 Å². The molecule has 1 heterocycles. The van der Waals surface area contributed by atoms with Gasteiger partial charge in [0.15, 0.2) is 5.84 Å². The molecule has 2 rings (SSSR count). The minimum absolute atomic E-state index is 0.0755. The molecule has 5 nitrogen and oxygen atoms in total. The molecule has 1 fully saturated rings. The highest BCUT2D eigenvalue weighted by Crippen LogP contribution is 2.31. The van der Waals surface area contributed by atoms with Crippen molar-refractivity contribution in [2.45, 2.75) is 13.8 Å². The van der Waals surface area contributed by atoms with Crippen molar-refractivity contribution in [3.05, 3.63) is 41.2 Å². The smallest absolute Gasteiger partial charge is 0.234 e. The van der Waals surface area contributed by atoms with Gasteiger partial charge in [-0.25, -0.2) is 0 Å². The fraction of sp³-hybridized carbons (Fsp3) is 0.333. The summed E-state index contributed by atoms with van der Waals surface area (Å²) in [6, 6.07) is 7.23. The third-order valence-electron chi connectivity index (χ3n) is 3.59. The summed E-state index contributed by atoms with van der Waals surface area (Å²) in [6.07, 6.45) is 1.29. The van der Waals surface area contributed by atoms with Gasteiger partial charge in [0.05, 0.1) is 5.41 Å². The number of hydrogen-bond donors (Lipinski definition) is 2. The first-order valence-corrected chi connectivity index (χ1v) is 6.98. The standard InChI is InChI=1S/C15H19ClN4O/c1-15(2)9-20(11-6-4-5-10(16)7-11)13(18)12(8-17)19(3)14(15)21/h4-8,18H,9,17H2,1-3H3/b12-8+,18-13?. The Kier molecular flexibility index (Phi) is 3.96. The minimum atomic E-state index is -0.645. The van der Waals surface area contributed by atoms with Crippen molar-refractivity contribution in [2.24, 2.45) is 11.1 Å². The van der Waals surface area contributed by atoms with Crippen LogP contribution < -0.4 is 10.6 Å². The molecule has 0 aromatic heterocycles. The van der Waals surface area contributed by atoms with Gasteiger partial charge in [-0.05, 0) is 32.0 Å². The number of nitrogens with two attached hydrogens (primary N) is 1. The molecule has 1 aromatic rings. The van der Waals surface area contributed by atoms with Crippen LogP contribution in [0.5, 0.6) is 0 Å². The second-order valence-electron chi connectivity index (χ2n) is 5.71. The molecule has 0 spiro atoms. The van der Waals surface area contributed by atoms with Crippen molar-refractivity contribution < 1.29 is 4.79 Å². The van der Waals surface area contributed by atoms with E-state index in [1.54, 1.807) is 24.1 Å². The van der Waals surface area contributed by atoms with Crippen molar-refractivity contribution in [3.8, 4) is 0 Å². The van der Waals surface area contributed by atoms with Gasteiger partial charge >= 0.3 is 0 Å². The second-order valence-corrected chi connectivity index (χ2v) is 6.15. The molecular weight excluding hydrogens is 288 g/mol. The lowest BCUT2D eigenvalue weighted by molar-refractivity contribution is -0.135. The Hall–Kier alpha value is -2.01. The van der Waals surface area contributed by atoms with E-state index in [2.05, 4.69) is 0 Å². The summed E-state index contributed by atoms with van der Waals surface area (Å²) in [5.74, 6) is 0.106. The third kappa shape index (κ3) is 2.74. The molecular formula is C15H19ClN4O. The first-order valence-electron chi connectivity index (χ1n) is 6.60. The van der Waals surface area contributed by atoms with Crippen molar-refractivity contribution >= 4 is 29.0 Å². The van der Waals surface area contributed by atoms with Crippen LogP contribution in [-0.4, -0.2) is 30.2 Å². The Labute approximate surface area is 129 Å². The van der Waals surface area contributed by atoms with Gasteiger partial charge in [-0.3, -0.25) is 10.2 Å². The second kappa shape index (κ2) is 5.41. The fourth-order valence-corrected chi connectivity index (χ4v) is 2.64. The summed E-state index contributed by atoms with van der Waals surface area (Å²) in [7, 11) is 1.64. The number of halogens is 1. The average molecular weight is 307 g/mol. The molecule has 21 heavy (non-hydrogen) atoms. The van der Waals surface area contributed by atoms with E-state index >= 15 is 0 Å². The van der Waals surface area contributed by atoms with Crippen LogP contribution in [0.15, 0.2) is 36.2 Å². The number of nitrogens with one attached hydrogen (secondary N) is 1. The molecule has 1 aliphatic heterocycles. The number of hydrogen-bond acceptors (Lipinski definition) is 3. The van der Waals surface area contributed by atoms with Crippen LogP contribution in [-0.2, 0) is 4.79 Å². The van der Waals surface area contributed by atoms with Gasteiger partial charge in [0.25, 0.3) is 0 Å².